The van der Waals surface area contributed by atoms with Gasteiger partial charge in [-0.25, -0.2) is 19.9 Å². The molecule has 3 N–H and O–H groups in total. The third kappa shape index (κ3) is 5.74. The molecule has 0 aliphatic rings. The molecule has 0 unspecified atom stereocenters. The van der Waals surface area contributed by atoms with Crippen LogP contribution in [-0.2, 0) is 5.60 Å². The normalized spacial score (nSPS) is 12.4. The molecule has 0 bridgehead atoms. The highest BCUT2D eigenvalue weighted by Crippen LogP contribution is 2.38. The Morgan fingerprint density at radius 1 is 1.08 bits per heavy atom. The number of nitrogens with one attached hydrogen (secondary N) is 2. The number of aliphatic hydroxyl groups is 1. The summed E-state index contributed by atoms with van der Waals surface area (Å²) in [5.41, 5.74) is 0.952. The molecule has 192 valence electrons. The molecule has 0 fully saturated rings. The van der Waals surface area contributed by atoms with Gasteiger partial charge in [0.25, 0.3) is 0 Å². The number of nitriles is 1. The smallest absolute Gasteiger partial charge is 0.166 e. The zero-order chi connectivity index (χ0) is 29.8. The number of ether oxygens (including phenoxy) is 1. The number of carbonyl (C=O) groups excluding carboxylic acids is 1. The molecule has 3 heterocycles. The fourth-order valence-corrected chi connectivity index (χ4v) is 3.60. The lowest BCUT2D eigenvalue weighted by Gasteiger charge is -2.18. The zero-order valence-corrected chi connectivity index (χ0v) is 21.0. The van der Waals surface area contributed by atoms with Crippen molar-refractivity contribution < 1.29 is 18.8 Å². The van der Waals surface area contributed by atoms with Crippen LogP contribution in [0.5, 0.6) is 5.75 Å². The van der Waals surface area contributed by atoms with Crippen molar-refractivity contribution >= 4 is 28.8 Å². The van der Waals surface area contributed by atoms with Crippen molar-refractivity contribution in [2.45, 2.75) is 32.7 Å². The largest absolute Gasteiger partial charge is 0.494 e. The quantitative estimate of drug-likeness (QED) is 0.258. The Labute approximate surface area is 224 Å². The highest BCUT2D eigenvalue weighted by atomic mass is 16.5. The first-order chi connectivity index (χ1) is 19.4. The van der Waals surface area contributed by atoms with Crippen LogP contribution in [0.25, 0.3) is 11.4 Å². The molecule has 1 aromatic carbocycles. The molecule has 0 spiro atoms. The SMILES string of the molecule is [2H]C([2H])([2H])CC(=O)c1cnc(Nc2cccc(C#N)n2)cc1Nc1cccc(-c2ncc(C(C)(C)O)cn2)c1OC. The Morgan fingerprint density at radius 2 is 1.84 bits per heavy atom. The highest BCUT2D eigenvalue weighted by Gasteiger charge is 2.20. The van der Waals surface area contributed by atoms with Gasteiger partial charge in [0.05, 0.1) is 35.2 Å². The lowest BCUT2D eigenvalue weighted by atomic mass is 10.0. The van der Waals surface area contributed by atoms with Gasteiger partial charge in [-0.1, -0.05) is 19.0 Å². The number of hydrogen-bond acceptors (Lipinski definition) is 10. The van der Waals surface area contributed by atoms with Crippen molar-refractivity contribution in [3.63, 3.8) is 0 Å². The summed E-state index contributed by atoms with van der Waals surface area (Å²) in [6.07, 6.45) is 3.66. The van der Waals surface area contributed by atoms with E-state index in [1.54, 1.807) is 50.2 Å². The molecule has 38 heavy (non-hydrogen) atoms. The number of methoxy groups -OCH3 is 1. The predicted molar refractivity (Wildman–Crippen MR) is 144 cm³/mol. The maximum atomic E-state index is 13.0. The molecule has 0 radical (unpaired) electrons. The summed E-state index contributed by atoms with van der Waals surface area (Å²) >= 11 is 0. The van der Waals surface area contributed by atoms with Crippen molar-refractivity contribution in [1.29, 1.82) is 5.26 Å². The number of pyridine rings is 2. The van der Waals surface area contributed by atoms with E-state index in [2.05, 4.69) is 30.6 Å². The Hall–Kier alpha value is -4.88. The first-order valence-corrected chi connectivity index (χ1v) is 11.5. The molecule has 0 saturated carbocycles. The number of Topliss-reactive ketones (excluding diaryl/α,β-unsaturated/α-hetero) is 1. The molecule has 10 heteroatoms. The van der Waals surface area contributed by atoms with Crippen LogP contribution in [0.15, 0.2) is 61.1 Å². The van der Waals surface area contributed by atoms with E-state index in [-0.39, 0.29) is 16.9 Å². The summed E-state index contributed by atoms with van der Waals surface area (Å²) in [4.78, 5) is 30.2. The predicted octanol–water partition coefficient (Wildman–Crippen LogP) is 5.12. The number of rotatable bonds is 9. The van der Waals surface area contributed by atoms with Gasteiger partial charge in [0.1, 0.15) is 23.4 Å². The Balaban J connectivity index is 1.75. The number of ketones is 1. The minimum atomic E-state index is -2.48. The summed E-state index contributed by atoms with van der Waals surface area (Å²) in [7, 11) is 1.48. The highest BCUT2D eigenvalue weighted by molar-refractivity contribution is 6.02. The third-order valence-corrected chi connectivity index (χ3v) is 5.57. The maximum absolute atomic E-state index is 13.0. The van der Waals surface area contributed by atoms with Gasteiger partial charge in [-0.15, -0.1) is 0 Å². The van der Waals surface area contributed by atoms with Crippen LogP contribution in [0, 0.1) is 11.3 Å². The van der Waals surface area contributed by atoms with E-state index in [0.717, 1.165) is 0 Å². The number of hydrogen-bond donors (Lipinski definition) is 3. The van der Waals surface area contributed by atoms with Crippen LogP contribution in [-0.4, -0.2) is 37.9 Å². The van der Waals surface area contributed by atoms with E-state index in [0.29, 0.717) is 40.0 Å². The minimum absolute atomic E-state index is 0.0589. The van der Waals surface area contributed by atoms with Crippen LogP contribution < -0.4 is 15.4 Å². The minimum Gasteiger partial charge on any atom is -0.494 e. The van der Waals surface area contributed by atoms with Gasteiger partial charge in [0.15, 0.2) is 17.4 Å². The Kier molecular flexibility index (Phi) is 6.48. The Bertz CT molecular complexity index is 1610. The number of carbonyl (C=O) groups is 1. The summed E-state index contributed by atoms with van der Waals surface area (Å²) in [6, 6.07) is 13.6. The standard InChI is InChI=1S/C28H27N7O3/c1-5-23(36)20-16-30-25(35-24-11-6-8-18(13-29)33-24)12-22(20)34-21-10-7-9-19(26(21)38-4)27-31-14-17(15-32-27)28(2,3)37/h6-12,14-16,37H,5H2,1-4H3,(H2,30,33,34,35)/i1D3. The van der Waals surface area contributed by atoms with Crippen LogP contribution in [0.1, 0.15) is 52.8 Å². The van der Waals surface area contributed by atoms with Gasteiger partial charge in [-0.05, 0) is 38.1 Å². The zero-order valence-electron chi connectivity index (χ0n) is 24.0. The summed E-state index contributed by atoms with van der Waals surface area (Å²) in [5.74, 6) is 0.735. The van der Waals surface area contributed by atoms with Crippen molar-refractivity contribution in [2.75, 3.05) is 17.7 Å². The molecule has 0 amide bonds. The average Bonchev–Trinajstić information content (AvgIpc) is 2.92. The van der Waals surface area contributed by atoms with E-state index >= 15 is 0 Å². The van der Waals surface area contributed by atoms with Crippen molar-refractivity contribution in [3.8, 4) is 23.2 Å². The van der Waals surface area contributed by atoms with Gasteiger partial charge in [-0.3, -0.25) is 4.79 Å². The van der Waals surface area contributed by atoms with Crippen LogP contribution in [0.2, 0.25) is 0 Å². The number of nitrogens with zero attached hydrogens (tertiary/aromatic N) is 5. The van der Waals surface area contributed by atoms with E-state index < -0.39 is 24.7 Å². The summed E-state index contributed by atoms with van der Waals surface area (Å²) in [5, 5.41) is 25.6. The molecule has 10 nitrogen and oxygen atoms in total. The van der Waals surface area contributed by atoms with Crippen LogP contribution in [0.4, 0.5) is 23.0 Å². The number of aromatic nitrogens is 4. The van der Waals surface area contributed by atoms with Crippen LogP contribution >= 0.6 is 0 Å². The lowest BCUT2D eigenvalue weighted by molar-refractivity contribution is 0.0778. The van der Waals surface area contributed by atoms with Gasteiger partial charge < -0.3 is 20.5 Å². The van der Waals surface area contributed by atoms with Crippen LogP contribution in [0.3, 0.4) is 0 Å². The summed E-state index contributed by atoms with van der Waals surface area (Å²) < 4.78 is 28.3. The second kappa shape index (κ2) is 11.0. The molecule has 4 rings (SSSR count). The topological polar surface area (TPSA) is 146 Å². The monoisotopic (exact) mass is 512 g/mol. The van der Waals surface area contributed by atoms with Crippen molar-refractivity contribution in [3.05, 3.63) is 77.9 Å². The van der Waals surface area contributed by atoms with E-state index in [1.165, 1.54) is 31.8 Å². The molecule has 0 aliphatic carbocycles. The van der Waals surface area contributed by atoms with Crippen molar-refractivity contribution in [1.82, 2.24) is 19.9 Å². The third-order valence-electron chi connectivity index (χ3n) is 5.57. The van der Waals surface area contributed by atoms with E-state index in [9.17, 15) is 9.90 Å². The van der Waals surface area contributed by atoms with Crippen molar-refractivity contribution in [2.24, 2.45) is 0 Å². The average molecular weight is 513 g/mol. The molecular weight excluding hydrogens is 482 g/mol. The fraction of sp³-hybridized carbons (Fsp3) is 0.214. The lowest BCUT2D eigenvalue weighted by Crippen LogP contribution is -2.16. The second-order valence-electron chi connectivity index (χ2n) is 8.73. The second-order valence-corrected chi connectivity index (χ2v) is 8.73. The Morgan fingerprint density at radius 3 is 2.53 bits per heavy atom. The van der Waals surface area contributed by atoms with E-state index in [1.807, 2.05) is 6.07 Å². The molecular formula is C28H27N7O3. The first-order valence-electron chi connectivity index (χ1n) is 13.0. The molecule has 4 aromatic rings. The molecule has 0 atom stereocenters. The summed E-state index contributed by atoms with van der Waals surface area (Å²) in [6.45, 7) is 0.794. The first kappa shape index (κ1) is 22.3. The fourth-order valence-electron chi connectivity index (χ4n) is 3.60. The molecule has 0 aliphatic heterocycles. The van der Waals surface area contributed by atoms with Gasteiger partial charge in [-0.2, -0.15) is 5.26 Å². The molecule has 0 saturated heterocycles. The van der Waals surface area contributed by atoms with E-state index in [4.69, 9.17) is 14.1 Å². The van der Waals surface area contributed by atoms with Gasteiger partial charge >= 0.3 is 0 Å². The molecule has 3 aromatic heterocycles. The number of anilines is 4. The van der Waals surface area contributed by atoms with Gasteiger partial charge in [0, 0.05) is 40.8 Å². The number of para-hydroxylation sites is 1. The van der Waals surface area contributed by atoms with Gasteiger partial charge in [0.2, 0.25) is 0 Å². The number of benzene rings is 1. The maximum Gasteiger partial charge on any atom is 0.166 e.